The van der Waals surface area contributed by atoms with Gasteiger partial charge in [0.2, 0.25) is 0 Å². The number of hydrogen-bond donors (Lipinski definition) is 0. The number of ketones is 1. The third-order valence-corrected chi connectivity index (χ3v) is 6.75. The van der Waals surface area contributed by atoms with Crippen LogP contribution in [0.1, 0.15) is 46.3 Å². The van der Waals surface area contributed by atoms with Crippen molar-refractivity contribution in [1.29, 1.82) is 0 Å². The molecule has 1 heterocycles. The van der Waals surface area contributed by atoms with Crippen LogP contribution in [0.5, 0.6) is 5.75 Å². The molecule has 1 saturated heterocycles. The first-order valence-electron chi connectivity index (χ1n) is 11.4. The number of carbonyl (C=O) groups excluding carboxylic acids is 1. The lowest BCUT2D eigenvalue weighted by Gasteiger charge is -2.32. The van der Waals surface area contributed by atoms with Gasteiger partial charge < -0.3 is 14.4 Å². The molecule has 166 valence electrons. The maximum absolute atomic E-state index is 12.0. The number of Topliss-reactive ketones (excluding diaryl/α,β-unsaturated/α-hetero) is 1. The molecule has 0 aromatic heterocycles. The molecule has 1 aliphatic carbocycles. The normalized spacial score (nSPS) is 17.2. The molecule has 0 N–H and O–H groups in total. The van der Waals surface area contributed by atoms with Crippen LogP contribution in [0.3, 0.4) is 0 Å². The Morgan fingerprint density at radius 1 is 1.03 bits per heavy atom. The average molecular weight is 442 g/mol. The molecule has 4 nitrogen and oxygen atoms in total. The molecule has 0 unspecified atom stereocenters. The molecule has 1 fully saturated rings. The summed E-state index contributed by atoms with van der Waals surface area (Å²) < 4.78 is 10.8. The van der Waals surface area contributed by atoms with Crippen LogP contribution >= 0.6 is 11.6 Å². The molecule has 2 aromatic rings. The predicted molar refractivity (Wildman–Crippen MR) is 124 cm³/mol. The molecule has 0 amide bonds. The maximum atomic E-state index is 12.0. The van der Waals surface area contributed by atoms with Crippen LogP contribution in [0.2, 0.25) is 5.02 Å². The highest BCUT2D eigenvalue weighted by Crippen LogP contribution is 2.27. The fourth-order valence-electron chi connectivity index (χ4n) is 4.74. The first-order valence-corrected chi connectivity index (χ1v) is 11.8. The summed E-state index contributed by atoms with van der Waals surface area (Å²) in [6.45, 7) is 4.43. The molecule has 2 aromatic carbocycles. The number of hydrogen-bond acceptors (Lipinski definition) is 4. The summed E-state index contributed by atoms with van der Waals surface area (Å²) >= 11 is 6.31. The second-order valence-electron chi connectivity index (χ2n) is 8.79. The maximum Gasteiger partial charge on any atom is 0.163 e. The number of carbonyl (C=O) groups is 1. The van der Waals surface area contributed by atoms with Gasteiger partial charge in [-0.3, -0.25) is 4.79 Å². The number of piperidine rings is 1. The SMILES string of the molecule is COCCOc1cc(Cl)cc(CC2CCN(CCc3ccc4c(c3)C(=O)CC4)CC2)c1. The Balaban J connectivity index is 1.24. The number of methoxy groups -OCH3 is 1. The van der Waals surface area contributed by atoms with Crippen molar-refractivity contribution >= 4 is 17.4 Å². The van der Waals surface area contributed by atoms with Crippen LogP contribution in [-0.2, 0) is 24.0 Å². The molecule has 0 radical (unpaired) electrons. The molecule has 0 bridgehead atoms. The van der Waals surface area contributed by atoms with Crippen LogP contribution in [0.25, 0.3) is 0 Å². The summed E-state index contributed by atoms with van der Waals surface area (Å²) in [5.74, 6) is 1.81. The van der Waals surface area contributed by atoms with Crippen molar-refractivity contribution in [2.24, 2.45) is 5.92 Å². The molecule has 0 saturated carbocycles. The van der Waals surface area contributed by atoms with Crippen molar-refractivity contribution in [2.75, 3.05) is 40.0 Å². The third-order valence-electron chi connectivity index (χ3n) is 6.53. The molecule has 5 heteroatoms. The van der Waals surface area contributed by atoms with Gasteiger partial charge in [0, 0.05) is 30.7 Å². The summed E-state index contributed by atoms with van der Waals surface area (Å²) in [5.41, 5.74) is 4.73. The Morgan fingerprint density at radius 3 is 2.68 bits per heavy atom. The molecular formula is C26H32ClNO3. The van der Waals surface area contributed by atoms with Gasteiger partial charge in [-0.05, 0) is 92.1 Å². The van der Waals surface area contributed by atoms with Crippen LogP contribution in [-0.4, -0.2) is 50.6 Å². The molecule has 1 aliphatic heterocycles. The minimum atomic E-state index is 0.311. The van der Waals surface area contributed by atoms with Crippen molar-refractivity contribution in [1.82, 2.24) is 4.90 Å². The van der Waals surface area contributed by atoms with Crippen molar-refractivity contribution < 1.29 is 14.3 Å². The molecular weight excluding hydrogens is 410 g/mol. The van der Waals surface area contributed by atoms with Gasteiger partial charge in [0.25, 0.3) is 0 Å². The fraction of sp³-hybridized carbons (Fsp3) is 0.500. The number of aryl methyl sites for hydroxylation is 1. The molecule has 0 spiro atoms. The van der Waals surface area contributed by atoms with E-state index in [1.165, 1.54) is 29.5 Å². The van der Waals surface area contributed by atoms with Crippen LogP contribution in [0, 0.1) is 5.92 Å². The summed E-state index contributed by atoms with van der Waals surface area (Å²) in [6.07, 6.45) is 6.06. The molecule has 4 rings (SSSR count). The zero-order chi connectivity index (χ0) is 21.6. The van der Waals surface area contributed by atoms with Gasteiger partial charge in [0.15, 0.2) is 5.78 Å². The number of rotatable bonds is 9. The Labute approximate surface area is 190 Å². The molecule has 0 atom stereocenters. The summed E-state index contributed by atoms with van der Waals surface area (Å²) in [4.78, 5) is 14.5. The van der Waals surface area contributed by atoms with E-state index in [1.807, 2.05) is 6.07 Å². The van der Waals surface area contributed by atoms with Crippen LogP contribution in [0.15, 0.2) is 36.4 Å². The number of likely N-dealkylation sites (tertiary alicyclic amines) is 1. The number of ether oxygens (including phenoxy) is 2. The highest BCUT2D eigenvalue weighted by Gasteiger charge is 2.21. The minimum Gasteiger partial charge on any atom is -0.491 e. The Kier molecular flexibility index (Phi) is 7.65. The van der Waals surface area contributed by atoms with Crippen molar-refractivity contribution in [3.8, 4) is 5.75 Å². The monoisotopic (exact) mass is 441 g/mol. The van der Waals surface area contributed by atoms with Crippen LogP contribution < -0.4 is 4.74 Å². The zero-order valence-corrected chi connectivity index (χ0v) is 19.1. The first-order chi connectivity index (χ1) is 15.1. The van der Waals surface area contributed by atoms with Gasteiger partial charge in [-0.25, -0.2) is 0 Å². The van der Waals surface area contributed by atoms with E-state index >= 15 is 0 Å². The number of halogens is 1. The van der Waals surface area contributed by atoms with Gasteiger partial charge in [-0.15, -0.1) is 0 Å². The summed E-state index contributed by atoms with van der Waals surface area (Å²) in [5, 5.41) is 0.732. The quantitative estimate of drug-likeness (QED) is 0.514. The largest absolute Gasteiger partial charge is 0.491 e. The smallest absolute Gasteiger partial charge is 0.163 e. The second kappa shape index (κ2) is 10.6. The lowest BCUT2D eigenvalue weighted by Crippen LogP contribution is -2.35. The topological polar surface area (TPSA) is 38.8 Å². The number of nitrogens with zero attached hydrogens (tertiary/aromatic N) is 1. The first kappa shape index (κ1) is 22.3. The molecule has 31 heavy (non-hydrogen) atoms. The Hall–Kier alpha value is -1.88. The van der Waals surface area contributed by atoms with E-state index in [9.17, 15) is 4.79 Å². The van der Waals surface area contributed by atoms with Crippen molar-refractivity contribution in [3.63, 3.8) is 0 Å². The predicted octanol–water partition coefficient (Wildman–Crippen LogP) is 4.99. The van der Waals surface area contributed by atoms with E-state index in [2.05, 4.69) is 35.2 Å². The second-order valence-corrected chi connectivity index (χ2v) is 9.23. The van der Waals surface area contributed by atoms with E-state index in [4.69, 9.17) is 21.1 Å². The van der Waals surface area contributed by atoms with E-state index in [1.54, 1.807) is 7.11 Å². The van der Waals surface area contributed by atoms with E-state index in [-0.39, 0.29) is 0 Å². The zero-order valence-electron chi connectivity index (χ0n) is 18.4. The van der Waals surface area contributed by atoms with E-state index in [0.717, 1.165) is 55.2 Å². The highest BCUT2D eigenvalue weighted by molar-refractivity contribution is 6.30. The third kappa shape index (κ3) is 6.09. The van der Waals surface area contributed by atoms with Gasteiger partial charge in [-0.1, -0.05) is 23.7 Å². The molecule has 2 aliphatic rings. The average Bonchev–Trinajstić information content (AvgIpc) is 3.13. The van der Waals surface area contributed by atoms with Crippen molar-refractivity contribution in [3.05, 3.63) is 63.7 Å². The summed E-state index contributed by atoms with van der Waals surface area (Å²) in [7, 11) is 1.67. The summed E-state index contributed by atoms with van der Waals surface area (Å²) in [6, 6.07) is 12.5. The minimum absolute atomic E-state index is 0.311. The number of fused-ring (bicyclic) bond motifs is 1. The Bertz CT molecular complexity index is 906. The fourth-order valence-corrected chi connectivity index (χ4v) is 4.99. The number of benzene rings is 2. The van der Waals surface area contributed by atoms with Crippen molar-refractivity contribution in [2.45, 2.75) is 38.5 Å². The highest BCUT2D eigenvalue weighted by atomic mass is 35.5. The van der Waals surface area contributed by atoms with E-state index < -0.39 is 0 Å². The van der Waals surface area contributed by atoms with Gasteiger partial charge in [-0.2, -0.15) is 0 Å². The Morgan fingerprint density at radius 2 is 1.87 bits per heavy atom. The van der Waals surface area contributed by atoms with Crippen LogP contribution in [0.4, 0.5) is 0 Å². The van der Waals surface area contributed by atoms with Gasteiger partial charge >= 0.3 is 0 Å². The lowest BCUT2D eigenvalue weighted by atomic mass is 9.90. The van der Waals surface area contributed by atoms with Gasteiger partial charge in [0.05, 0.1) is 6.61 Å². The van der Waals surface area contributed by atoms with Gasteiger partial charge in [0.1, 0.15) is 12.4 Å². The standard InChI is InChI=1S/C26H32ClNO3/c1-30-12-13-31-24-16-21(15-23(27)18-24)14-20-7-10-28(11-8-20)9-6-19-2-3-22-4-5-26(29)25(22)17-19/h2-3,15-18,20H,4-14H2,1H3. The van der Waals surface area contributed by atoms with E-state index in [0.29, 0.717) is 31.3 Å². The lowest BCUT2D eigenvalue weighted by molar-refractivity contribution is 0.0994.